The van der Waals surface area contributed by atoms with E-state index >= 15 is 0 Å². The number of nitrogens with one attached hydrogen (secondary N) is 2. The van der Waals surface area contributed by atoms with Crippen LogP contribution in [-0.4, -0.2) is 40.1 Å². The third-order valence-electron chi connectivity index (χ3n) is 4.53. The highest BCUT2D eigenvalue weighted by molar-refractivity contribution is 7.13. The van der Waals surface area contributed by atoms with E-state index in [1.165, 1.54) is 11.3 Å². The van der Waals surface area contributed by atoms with Gasteiger partial charge in [-0.1, -0.05) is 36.8 Å². The van der Waals surface area contributed by atoms with Gasteiger partial charge in [-0.2, -0.15) is 0 Å². The SMILES string of the molecule is CC(C)CCNC(=O)N1CCC[C@@H]1c1nnc(C(=O)Nc2ccc(Cl)cc2)s1. The molecule has 1 atom stereocenters. The number of hydrogen-bond acceptors (Lipinski definition) is 5. The van der Waals surface area contributed by atoms with Crippen molar-refractivity contribution in [3.05, 3.63) is 39.3 Å². The Morgan fingerprint density at radius 3 is 2.75 bits per heavy atom. The van der Waals surface area contributed by atoms with Crippen LogP contribution < -0.4 is 10.6 Å². The zero-order valence-corrected chi connectivity index (χ0v) is 17.5. The molecule has 0 spiro atoms. The van der Waals surface area contributed by atoms with E-state index in [0.717, 1.165) is 19.3 Å². The van der Waals surface area contributed by atoms with Crippen molar-refractivity contribution < 1.29 is 9.59 Å². The lowest BCUT2D eigenvalue weighted by molar-refractivity contribution is 0.102. The van der Waals surface area contributed by atoms with Crippen LogP contribution >= 0.6 is 22.9 Å². The second-order valence-corrected chi connectivity index (χ2v) is 8.62. The molecule has 1 aliphatic rings. The average Bonchev–Trinajstić information content (AvgIpc) is 3.32. The monoisotopic (exact) mass is 421 g/mol. The molecule has 1 aliphatic heterocycles. The van der Waals surface area contributed by atoms with Gasteiger partial charge in [-0.15, -0.1) is 10.2 Å². The molecule has 3 rings (SSSR count). The number of anilines is 1. The smallest absolute Gasteiger partial charge is 0.317 e. The van der Waals surface area contributed by atoms with E-state index < -0.39 is 0 Å². The van der Waals surface area contributed by atoms with E-state index in [2.05, 4.69) is 34.7 Å². The topological polar surface area (TPSA) is 87.2 Å². The van der Waals surface area contributed by atoms with Crippen LogP contribution in [0.15, 0.2) is 24.3 Å². The molecule has 2 N–H and O–H groups in total. The van der Waals surface area contributed by atoms with Gasteiger partial charge in [-0.25, -0.2) is 4.79 Å². The third-order valence-corrected chi connectivity index (χ3v) is 5.81. The highest BCUT2D eigenvalue weighted by atomic mass is 35.5. The lowest BCUT2D eigenvalue weighted by Crippen LogP contribution is -2.40. The van der Waals surface area contributed by atoms with Gasteiger partial charge in [0.25, 0.3) is 5.91 Å². The molecule has 0 unspecified atom stereocenters. The fourth-order valence-electron chi connectivity index (χ4n) is 3.01. The summed E-state index contributed by atoms with van der Waals surface area (Å²) in [5, 5.41) is 15.5. The molecule has 0 saturated carbocycles. The maximum atomic E-state index is 12.5. The first kappa shape index (κ1) is 20.5. The summed E-state index contributed by atoms with van der Waals surface area (Å²) >= 11 is 7.09. The van der Waals surface area contributed by atoms with E-state index in [1.807, 2.05) is 0 Å². The van der Waals surface area contributed by atoms with Gasteiger partial charge in [0.15, 0.2) is 0 Å². The van der Waals surface area contributed by atoms with Crippen molar-refractivity contribution in [1.82, 2.24) is 20.4 Å². The Hall–Kier alpha value is -2.19. The van der Waals surface area contributed by atoms with E-state index in [0.29, 0.717) is 34.7 Å². The summed E-state index contributed by atoms with van der Waals surface area (Å²) in [6, 6.07) is 6.65. The molecular formula is C19H24ClN5O2S. The van der Waals surface area contributed by atoms with Crippen LogP contribution in [0.2, 0.25) is 5.02 Å². The number of likely N-dealkylation sites (tertiary alicyclic amines) is 1. The van der Waals surface area contributed by atoms with Crippen molar-refractivity contribution in [3.8, 4) is 0 Å². The lowest BCUT2D eigenvalue weighted by Gasteiger charge is -2.23. The van der Waals surface area contributed by atoms with E-state index in [9.17, 15) is 9.59 Å². The molecule has 1 saturated heterocycles. The summed E-state index contributed by atoms with van der Waals surface area (Å²) in [6.45, 7) is 5.60. The van der Waals surface area contributed by atoms with Crippen molar-refractivity contribution in [1.29, 1.82) is 0 Å². The van der Waals surface area contributed by atoms with Crippen molar-refractivity contribution in [2.24, 2.45) is 5.92 Å². The minimum Gasteiger partial charge on any atom is -0.338 e. The van der Waals surface area contributed by atoms with Crippen LogP contribution in [0.3, 0.4) is 0 Å². The molecule has 3 amide bonds. The molecule has 28 heavy (non-hydrogen) atoms. The van der Waals surface area contributed by atoms with Gasteiger partial charge in [0.1, 0.15) is 5.01 Å². The molecule has 2 heterocycles. The molecule has 150 valence electrons. The lowest BCUT2D eigenvalue weighted by atomic mass is 10.1. The maximum absolute atomic E-state index is 12.5. The number of hydrogen-bond donors (Lipinski definition) is 2. The van der Waals surface area contributed by atoms with Crippen LogP contribution in [0, 0.1) is 5.92 Å². The zero-order valence-electron chi connectivity index (χ0n) is 15.9. The Labute approximate surface area is 173 Å². The minimum atomic E-state index is -0.322. The normalized spacial score (nSPS) is 16.4. The minimum absolute atomic E-state index is 0.0782. The molecule has 9 heteroatoms. The molecule has 1 aromatic carbocycles. The second kappa shape index (κ2) is 9.34. The summed E-state index contributed by atoms with van der Waals surface area (Å²) in [7, 11) is 0. The average molecular weight is 422 g/mol. The van der Waals surface area contributed by atoms with Crippen molar-refractivity contribution in [2.45, 2.75) is 39.2 Å². The Bertz CT molecular complexity index is 824. The van der Waals surface area contributed by atoms with E-state index in [1.54, 1.807) is 29.2 Å². The molecule has 0 radical (unpaired) electrons. The number of carbonyl (C=O) groups is 2. The van der Waals surface area contributed by atoms with Crippen LogP contribution in [0.1, 0.15) is 54.0 Å². The third kappa shape index (κ3) is 5.20. The van der Waals surface area contributed by atoms with Crippen LogP contribution in [0.5, 0.6) is 0 Å². The Balaban J connectivity index is 1.62. The first-order valence-electron chi connectivity index (χ1n) is 9.39. The first-order chi connectivity index (χ1) is 13.4. The fourth-order valence-corrected chi connectivity index (χ4v) is 4.03. The van der Waals surface area contributed by atoms with Gasteiger partial charge in [-0.05, 0) is 49.4 Å². The Kier molecular flexibility index (Phi) is 6.85. The second-order valence-electron chi connectivity index (χ2n) is 7.17. The fraction of sp³-hybridized carbons (Fsp3) is 0.474. The maximum Gasteiger partial charge on any atom is 0.317 e. The van der Waals surface area contributed by atoms with Gasteiger partial charge in [0, 0.05) is 23.8 Å². The van der Waals surface area contributed by atoms with Gasteiger partial charge >= 0.3 is 6.03 Å². The number of aromatic nitrogens is 2. The van der Waals surface area contributed by atoms with Crippen LogP contribution in [0.25, 0.3) is 0 Å². The number of urea groups is 1. The summed E-state index contributed by atoms with van der Waals surface area (Å²) < 4.78 is 0. The van der Waals surface area contributed by atoms with Crippen LogP contribution in [0.4, 0.5) is 10.5 Å². The zero-order chi connectivity index (χ0) is 20.1. The highest BCUT2D eigenvalue weighted by Crippen LogP contribution is 2.33. The Morgan fingerprint density at radius 1 is 1.29 bits per heavy atom. The molecule has 0 bridgehead atoms. The number of carbonyl (C=O) groups excluding carboxylic acids is 2. The number of rotatable bonds is 6. The number of amides is 3. The predicted molar refractivity (Wildman–Crippen MR) is 111 cm³/mol. The van der Waals surface area contributed by atoms with E-state index in [-0.39, 0.29) is 23.0 Å². The van der Waals surface area contributed by atoms with Gasteiger partial charge in [0.05, 0.1) is 6.04 Å². The van der Waals surface area contributed by atoms with Crippen molar-refractivity contribution in [2.75, 3.05) is 18.4 Å². The molecule has 1 aromatic heterocycles. The highest BCUT2D eigenvalue weighted by Gasteiger charge is 2.33. The van der Waals surface area contributed by atoms with Gasteiger partial charge in [-0.3, -0.25) is 4.79 Å². The number of halogens is 1. The van der Waals surface area contributed by atoms with Gasteiger partial charge < -0.3 is 15.5 Å². The summed E-state index contributed by atoms with van der Waals surface area (Å²) in [4.78, 5) is 26.7. The molecule has 1 fully saturated rings. The molecule has 2 aromatic rings. The Morgan fingerprint density at radius 2 is 2.04 bits per heavy atom. The number of nitrogens with zero attached hydrogens (tertiary/aromatic N) is 3. The summed E-state index contributed by atoms with van der Waals surface area (Å²) in [5.74, 6) is 0.219. The largest absolute Gasteiger partial charge is 0.338 e. The van der Waals surface area contributed by atoms with Crippen molar-refractivity contribution in [3.63, 3.8) is 0 Å². The predicted octanol–water partition coefficient (Wildman–Crippen LogP) is 4.34. The standard InChI is InChI=1S/C19H24ClN5O2S/c1-12(2)9-10-21-19(27)25-11-3-4-15(25)17-23-24-18(28-17)16(26)22-14-7-5-13(20)6-8-14/h5-8,12,15H,3-4,9-11H2,1-2H3,(H,21,27)(H,22,26)/t15-/m1/s1. The van der Waals surface area contributed by atoms with Crippen LogP contribution in [-0.2, 0) is 0 Å². The van der Waals surface area contributed by atoms with Gasteiger partial charge in [0.2, 0.25) is 5.01 Å². The molecular weight excluding hydrogens is 398 g/mol. The first-order valence-corrected chi connectivity index (χ1v) is 10.6. The number of benzene rings is 1. The summed E-state index contributed by atoms with van der Waals surface area (Å²) in [5.41, 5.74) is 0.637. The van der Waals surface area contributed by atoms with Crippen molar-refractivity contribution >= 4 is 40.6 Å². The molecule has 7 nitrogen and oxygen atoms in total. The van der Waals surface area contributed by atoms with E-state index in [4.69, 9.17) is 11.6 Å². The summed E-state index contributed by atoms with van der Waals surface area (Å²) in [6.07, 6.45) is 2.68. The molecule has 0 aliphatic carbocycles. The quantitative estimate of drug-likeness (QED) is 0.726.